The molecule has 16 heavy (non-hydrogen) atoms. The molecule has 0 unspecified atom stereocenters. The van der Waals surface area contributed by atoms with Crippen LogP contribution in [0.4, 0.5) is 0 Å². The molecule has 0 saturated heterocycles. The molecule has 0 N–H and O–H groups in total. The van der Waals surface area contributed by atoms with Crippen molar-refractivity contribution in [2.24, 2.45) is 0 Å². The van der Waals surface area contributed by atoms with Crippen LogP contribution < -0.4 is 0 Å². The predicted molar refractivity (Wildman–Crippen MR) is 60.0 cm³/mol. The second-order valence-corrected chi connectivity index (χ2v) is 3.35. The average molecular weight is 221 g/mol. The van der Waals surface area contributed by atoms with E-state index in [2.05, 4.69) is 0 Å². The number of amides is 1. The van der Waals surface area contributed by atoms with Gasteiger partial charge in [0.15, 0.2) is 6.61 Å². The normalized spacial score (nSPS) is 9.62. The highest BCUT2D eigenvalue weighted by Crippen LogP contribution is 2.01. The SMILES string of the molecule is CCN(C)C(=O)COC(=O)c1ccccc1. The first-order valence-corrected chi connectivity index (χ1v) is 5.11. The maximum atomic E-state index is 11.5. The number of esters is 1. The van der Waals surface area contributed by atoms with E-state index in [9.17, 15) is 9.59 Å². The molecule has 1 aromatic carbocycles. The molecule has 4 nitrogen and oxygen atoms in total. The molecule has 0 spiro atoms. The Morgan fingerprint density at radius 3 is 2.44 bits per heavy atom. The van der Waals surface area contributed by atoms with Gasteiger partial charge in [0.05, 0.1) is 5.56 Å². The van der Waals surface area contributed by atoms with Crippen LogP contribution in [-0.2, 0) is 9.53 Å². The van der Waals surface area contributed by atoms with Crippen LogP contribution >= 0.6 is 0 Å². The Hall–Kier alpha value is -1.84. The lowest BCUT2D eigenvalue weighted by Gasteiger charge is -2.14. The van der Waals surface area contributed by atoms with Gasteiger partial charge in [0.2, 0.25) is 0 Å². The van der Waals surface area contributed by atoms with Crippen LogP contribution in [0.1, 0.15) is 17.3 Å². The van der Waals surface area contributed by atoms with Gasteiger partial charge in [0.25, 0.3) is 5.91 Å². The van der Waals surface area contributed by atoms with E-state index in [-0.39, 0.29) is 12.5 Å². The summed E-state index contributed by atoms with van der Waals surface area (Å²) < 4.78 is 4.88. The van der Waals surface area contributed by atoms with Crippen molar-refractivity contribution in [2.45, 2.75) is 6.92 Å². The second-order valence-electron chi connectivity index (χ2n) is 3.35. The van der Waals surface area contributed by atoms with Crippen LogP contribution in [0.15, 0.2) is 30.3 Å². The first-order valence-electron chi connectivity index (χ1n) is 5.11. The molecule has 0 aliphatic heterocycles. The minimum absolute atomic E-state index is 0.202. The molecule has 1 amide bonds. The van der Waals surface area contributed by atoms with E-state index in [0.29, 0.717) is 12.1 Å². The number of carbonyl (C=O) groups excluding carboxylic acids is 2. The molecule has 0 bridgehead atoms. The molecule has 0 saturated carbocycles. The summed E-state index contributed by atoms with van der Waals surface area (Å²) in [6.45, 7) is 2.25. The zero-order chi connectivity index (χ0) is 12.0. The van der Waals surface area contributed by atoms with Gasteiger partial charge in [0, 0.05) is 13.6 Å². The predicted octanol–water partition coefficient (Wildman–Crippen LogP) is 1.32. The van der Waals surface area contributed by atoms with Crippen molar-refractivity contribution in [1.82, 2.24) is 4.90 Å². The van der Waals surface area contributed by atoms with Crippen molar-refractivity contribution in [1.29, 1.82) is 0 Å². The lowest BCUT2D eigenvalue weighted by atomic mass is 10.2. The number of rotatable bonds is 4. The zero-order valence-electron chi connectivity index (χ0n) is 9.47. The van der Waals surface area contributed by atoms with Crippen LogP contribution in [-0.4, -0.2) is 37.0 Å². The first kappa shape index (κ1) is 12.2. The van der Waals surface area contributed by atoms with Crippen LogP contribution in [0.5, 0.6) is 0 Å². The fourth-order valence-electron chi connectivity index (χ4n) is 1.07. The summed E-state index contributed by atoms with van der Waals surface area (Å²) in [7, 11) is 1.67. The highest BCUT2D eigenvalue weighted by atomic mass is 16.5. The summed E-state index contributed by atoms with van der Waals surface area (Å²) in [5.74, 6) is -0.676. The van der Waals surface area contributed by atoms with Gasteiger partial charge in [-0.3, -0.25) is 4.79 Å². The lowest BCUT2D eigenvalue weighted by molar-refractivity contribution is -0.133. The largest absolute Gasteiger partial charge is 0.452 e. The van der Waals surface area contributed by atoms with Gasteiger partial charge in [-0.2, -0.15) is 0 Å². The highest BCUT2D eigenvalue weighted by Gasteiger charge is 2.11. The maximum absolute atomic E-state index is 11.5. The van der Waals surface area contributed by atoms with Crippen LogP contribution in [0.3, 0.4) is 0 Å². The van der Waals surface area contributed by atoms with E-state index in [0.717, 1.165) is 0 Å². The van der Waals surface area contributed by atoms with Gasteiger partial charge in [-0.1, -0.05) is 18.2 Å². The molecule has 0 aromatic heterocycles. The second kappa shape index (κ2) is 5.90. The molecule has 0 radical (unpaired) electrons. The van der Waals surface area contributed by atoms with Gasteiger partial charge in [-0.25, -0.2) is 4.79 Å². The first-order chi connectivity index (χ1) is 7.65. The molecule has 1 aromatic rings. The lowest BCUT2D eigenvalue weighted by Crippen LogP contribution is -2.30. The third-order valence-electron chi connectivity index (χ3n) is 2.24. The topological polar surface area (TPSA) is 46.6 Å². The summed E-state index contributed by atoms with van der Waals surface area (Å²) in [6, 6.07) is 8.60. The highest BCUT2D eigenvalue weighted by molar-refractivity contribution is 5.91. The van der Waals surface area contributed by atoms with E-state index in [4.69, 9.17) is 4.74 Å². The molecule has 4 heteroatoms. The minimum Gasteiger partial charge on any atom is -0.452 e. The number of ether oxygens (including phenoxy) is 1. The van der Waals surface area contributed by atoms with Gasteiger partial charge in [-0.15, -0.1) is 0 Å². The summed E-state index contributed by atoms with van der Waals surface area (Å²) in [6.07, 6.45) is 0. The Morgan fingerprint density at radius 1 is 1.25 bits per heavy atom. The number of hydrogen-bond donors (Lipinski definition) is 0. The van der Waals surface area contributed by atoms with Gasteiger partial charge < -0.3 is 9.64 Å². The quantitative estimate of drug-likeness (QED) is 0.720. The average Bonchev–Trinajstić information content (AvgIpc) is 2.35. The van der Waals surface area contributed by atoms with Crippen molar-refractivity contribution < 1.29 is 14.3 Å². The van der Waals surface area contributed by atoms with Gasteiger partial charge in [0.1, 0.15) is 0 Å². The third kappa shape index (κ3) is 3.38. The van der Waals surface area contributed by atoms with E-state index in [1.807, 2.05) is 13.0 Å². The van der Waals surface area contributed by atoms with Crippen molar-refractivity contribution in [3.63, 3.8) is 0 Å². The van der Waals surface area contributed by atoms with Crippen molar-refractivity contribution in [2.75, 3.05) is 20.2 Å². The molecule has 0 fully saturated rings. The molecule has 86 valence electrons. The van der Waals surface area contributed by atoms with E-state index < -0.39 is 5.97 Å². The smallest absolute Gasteiger partial charge is 0.338 e. The van der Waals surface area contributed by atoms with Gasteiger partial charge in [-0.05, 0) is 19.1 Å². The monoisotopic (exact) mass is 221 g/mol. The Bertz CT molecular complexity index is 362. The van der Waals surface area contributed by atoms with Crippen molar-refractivity contribution in [3.8, 4) is 0 Å². The minimum atomic E-state index is -0.474. The van der Waals surface area contributed by atoms with E-state index in [1.165, 1.54) is 4.90 Å². The van der Waals surface area contributed by atoms with Crippen LogP contribution in [0, 0.1) is 0 Å². The summed E-state index contributed by atoms with van der Waals surface area (Å²) in [5.41, 5.74) is 0.453. The molecule has 0 heterocycles. The molecule has 0 aliphatic rings. The molecule has 0 aliphatic carbocycles. The fraction of sp³-hybridized carbons (Fsp3) is 0.333. The van der Waals surface area contributed by atoms with Crippen molar-refractivity contribution >= 4 is 11.9 Å². The molecule has 1 rings (SSSR count). The Kier molecular flexibility index (Phi) is 4.51. The standard InChI is InChI=1S/C12H15NO3/c1-3-13(2)11(14)9-16-12(15)10-7-5-4-6-8-10/h4-8H,3,9H2,1-2H3. The molecule has 0 atom stereocenters. The van der Waals surface area contributed by atoms with E-state index >= 15 is 0 Å². The van der Waals surface area contributed by atoms with Crippen molar-refractivity contribution in [3.05, 3.63) is 35.9 Å². The summed E-state index contributed by atoms with van der Waals surface area (Å²) >= 11 is 0. The van der Waals surface area contributed by atoms with Crippen LogP contribution in [0.2, 0.25) is 0 Å². The third-order valence-corrected chi connectivity index (χ3v) is 2.24. The number of benzene rings is 1. The molecular weight excluding hydrogens is 206 g/mol. The maximum Gasteiger partial charge on any atom is 0.338 e. The zero-order valence-corrected chi connectivity index (χ0v) is 9.47. The number of carbonyl (C=O) groups is 2. The van der Waals surface area contributed by atoms with E-state index in [1.54, 1.807) is 31.3 Å². The Morgan fingerprint density at radius 2 is 1.88 bits per heavy atom. The Labute approximate surface area is 94.8 Å². The molecular formula is C12H15NO3. The van der Waals surface area contributed by atoms with Crippen LogP contribution in [0.25, 0.3) is 0 Å². The number of hydrogen-bond acceptors (Lipinski definition) is 3. The fourth-order valence-corrected chi connectivity index (χ4v) is 1.07. The Balaban J connectivity index is 2.45. The summed E-state index contributed by atoms with van der Waals surface area (Å²) in [5, 5.41) is 0. The number of likely N-dealkylation sites (N-methyl/N-ethyl adjacent to an activating group) is 1. The van der Waals surface area contributed by atoms with Gasteiger partial charge >= 0.3 is 5.97 Å². The number of nitrogens with zero attached hydrogens (tertiary/aromatic N) is 1. The summed E-state index contributed by atoms with van der Waals surface area (Å²) in [4.78, 5) is 24.3.